The van der Waals surface area contributed by atoms with Gasteiger partial charge in [-0.25, -0.2) is 0 Å². The minimum Gasteiger partial charge on any atom is -0.493 e. The van der Waals surface area contributed by atoms with Crippen LogP contribution in [0, 0.1) is 6.92 Å². The van der Waals surface area contributed by atoms with Crippen LogP contribution in [-0.2, 0) is 6.61 Å². The number of hydrogen-bond donors (Lipinski definition) is 0. The normalized spacial score (nSPS) is 17.4. The highest BCUT2D eigenvalue weighted by molar-refractivity contribution is 5.61. The maximum absolute atomic E-state index is 6.01. The van der Waals surface area contributed by atoms with Crippen molar-refractivity contribution in [3.8, 4) is 22.9 Å². The van der Waals surface area contributed by atoms with Gasteiger partial charge >= 0.3 is 0 Å². The molecule has 1 fully saturated rings. The first-order valence-electron chi connectivity index (χ1n) is 10.5. The van der Waals surface area contributed by atoms with Crippen LogP contribution >= 0.6 is 0 Å². The van der Waals surface area contributed by atoms with Crippen molar-refractivity contribution in [2.24, 2.45) is 0 Å². The molecule has 5 heteroatoms. The van der Waals surface area contributed by atoms with Crippen molar-refractivity contribution < 1.29 is 14.0 Å². The standard InChI is InChI=1S/C26H24N2O3/c1-17-8-6-7-11-20(17)16-30-23-13-12-19(14-24(23)29-2)25-27-26(31-28-25)22-15-21(22)18-9-4-3-5-10-18/h3-14,21-22H,15-16H2,1-2H3/t21-,22-/m0/s1. The van der Waals surface area contributed by atoms with E-state index in [1.165, 1.54) is 11.1 Å². The molecular formula is C26H24N2O3. The summed E-state index contributed by atoms with van der Waals surface area (Å²) in [6, 6.07) is 24.4. The highest BCUT2D eigenvalue weighted by Gasteiger charge is 2.43. The van der Waals surface area contributed by atoms with Crippen LogP contribution in [0.3, 0.4) is 0 Å². The van der Waals surface area contributed by atoms with Gasteiger partial charge in [0, 0.05) is 11.5 Å². The lowest BCUT2D eigenvalue weighted by Crippen LogP contribution is -1.99. The molecule has 5 rings (SSSR count). The molecule has 0 saturated heterocycles. The molecule has 1 saturated carbocycles. The Morgan fingerprint density at radius 3 is 2.55 bits per heavy atom. The maximum Gasteiger partial charge on any atom is 0.230 e. The predicted molar refractivity (Wildman–Crippen MR) is 118 cm³/mol. The molecule has 1 aliphatic carbocycles. The lowest BCUT2D eigenvalue weighted by Gasteiger charge is -2.12. The summed E-state index contributed by atoms with van der Waals surface area (Å²) in [6.45, 7) is 2.56. The monoisotopic (exact) mass is 412 g/mol. The quantitative estimate of drug-likeness (QED) is 0.378. The van der Waals surface area contributed by atoms with Gasteiger partial charge in [-0.15, -0.1) is 0 Å². The minimum absolute atomic E-state index is 0.294. The lowest BCUT2D eigenvalue weighted by molar-refractivity contribution is 0.284. The van der Waals surface area contributed by atoms with Crippen LogP contribution in [0.1, 0.15) is 40.8 Å². The topological polar surface area (TPSA) is 57.4 Å². The van der Waals surface area contributed by atoms with Crippen LogP contribution in [-0.4, -0.2) is 17.3 Å². The number of hydrogen-bond acceptors (Lipinski definition) is 5. The number of rotatable bonds is 7. The number of aryl methyl sites for hydroxylation is 1. The number of methoxy groups -OCH3 is 1. The molecule has 31 heavy (non-hydrogen) atoms. The van der Waals surface area contributed by atoms with Crippen LogP contribution in [0.2, 0.25) is 0 Å². The Kier molecular flexibility index (Phi) is 5.16. The zero-order valence-corrected chi connectivity index (χ0v) is 17.6. The van der Waals surface area contributed by atoms with E-state index in [9.17, 15) is 0 Å². The Balaban J connectivity index is 1.31. The fourth-order valence-electron chi connectivity index (χ4n) is 3.89. The molecule has 3 aromatic carbocycles. The number of ether oxygens (including phenoxy) is 2. The van der Waals surface area contributed by atoms with Gasteiger partial charge < -0.3 is 14.0 Å². The molecule has 1 aromatic heterocycles. The molecule has 0 bridgehead atoms. The molecule has 4 aromatic rings. The first kappa shape index (κ1) is 19.4. The molecule has 0 spiro atoms. The average Bonchev–Trinajstić information content (AvgIpc) is 3.47. The smallest absolute Gasteiger partial charge is 0.230 e. The van der Waals surface area contributed by atoms with Crippen molar-refractivity contribution in [2.45, 2.75) is 31.8 Å². The summed E-state index contributed by atoms with van der Waals surface area (Å²) < 4.78 is 17.2. The maximum atomic E-state index is 6.01. The first-order valence-corrected chi connectivity index (χ1v) is 10.5. The predicted octanol–water partition coefficient (Wildman–Crippen LogP) is 5.90. The molecular weight excluding hydrogens is 388 g/mol. The highest BCUT2D eigenvalue weighted by Crippen LogP contribution is 2.54. The zero-order chi connectivity index (χ0) is 21.2. The molecule has 0 aliphatic heterocycles. The van der Waals surface area contributed by atoms with Crippen LogP contribution in [0.5, 0.6) is 11.5 Å². The van der Waals surface area contributed by atoms with Gasteiger partial charge in [-0.05, 0) is 54.2 Å². The minimum atomic E-state index is 0.294. The Bertz CT molecular complexity index is 1190. The first-order chi connectivity index (χ1) is 15.2. The molecule has 1 heterocycles. The summed E-state index contributed by atoms with van der Waals surface area (Å²) in [7, 11) is 1.63. The van der Waals surface area contributed by atoms with Gasteiger partial charge in [-0.2, -0.15) is 4.98 Å². The van der Waals surface area contributed by atoms with Gasteiger partial charge in [0.2, 0.25) is 11.7 Å². The van der Waals surface area contributed by atoms with E-state index in [0.29, 0.717) is 41.7 Å². The van der Waals surface area contributed by atoms with Crippen molar-refractivity contribution in [2.75, 3.05) is 7.11 Å². The van der Waals surface area contributed by atoms with E-state index in [2.05, 4.69) is 53.5 Å². The van der Waals surface area contributed by atoms with E-state index < -0.39 is 0 Å². The van der Waals surface area contributed by atoms with Crippen molar-refractivity contribution in [1.82, 2.24) is 10.1 Å². The fourth-order valence-corrected chi connectivity index (χ4v) is 3.89. The number of benzene rings is 3. The second kappa shape index (κ2) is 8.26. The fraction of sp³-hybridized carbons (Fsp3) is 0.231. The summed E-state index contributed by atoms with van der Waals surface area (Å²) >= 11 is 0. The van der Waals surface area contributed by atoms with Gasteiger partial charge in [0.1, 0.15) is 6.61 Å². The molecule has 5 nitrogen and oxygen atoms in total. The molecule has 0 unspecified atom stereocenters. The van der Waals surface area contributed by atoms with Crippen LogP contribution in [0.4, 0.5) is 0 Å². The average molecular weight is 412 g/mol. The molecule has 0 N–H and O–H groups in total. The number of nitrogens with zero attached hydrogens (tertiary/aromatic N) is 2. The summed E-state index contributed by atoms with van der Waals surface area (Å²) in [5, 5.41) is 4.20. The largest absolute Gasteiger partial charge is 0.493 e. The highest BCUT2D eigenvalue weighted by atomic mass is 16.5. The van der Waals surface area contributed by atoms with Gasteiger partial charge in [0.25, 0.3) is 0 Å². The zero-order valence-electron chi connectivity index (χ0n) is 17.6. The van der Waals surface area contributed by atoms with E-state index in [0.717, 1.165) is 17.5 Å². The van der Waals surface area contributed by atoms with Crippen molar-refractivity contribution in [3.05, 3.63) is 95.4 Å². The van der Waals surface area contributed by atoms with Crippen LogP contribution in [0.25, 0.3) is 11.4 Å². The molecule has 1 aliphatic rings. The van der Waals surface area contributed by atoms with Gasteiger partial charge in [0.15, 0.2) is 11.5 Å². The number of aromatic nitrogens is 2. The van der Waals surface area contributed by atoms with Crippen LogP contribution in [0.15, 0.2) is 77.3 Å². The van der Waals surface area contributed by atoms with Gasteiger partial charge in [-0.3, -0.25) is 0 Å². The molecule has 2 atom stereocenters. The molecule has 156 valence electrons. The molecule has 0 radical (unpaired) electrons. The summed E-state index contributed by atoms with van der Waals surface area (Å²) in [5.41, 5.74) is 4.51. The second-order valence-electron chi connectivity index (χ2n) is 7.90. The van der Waals surface area contributed by atoms with E-state index in [1.807, 2.05) is 36.4 Å². The van der Waals surface area contributed by atoms with E-state index in [-0.39, 0.29) is 0 Å². The molecule has 0 amide bonds. The SMILES string of the molecule is COc1cc(-c2noc([C@H]3C[C@H]3c3ccccc3)n2)ccc1OCc1ccccc1C. The third-order valence-electron chi connectivity index (χ3n) is 5.84. The van der Waals surface area contributed by atoms with E-state index in [1.54, 1.807) is 7.11 Å². The Hall–Kier alpha value is -3.60. The lowest BCUT2D eigenvalue weighted by atomic mass is 10.1. The Morgan fingerprint density at radius 1 is 0.935 bits per heavy atom. The van der Waals surface area contributed by atoms with E-state index in [4.69, 9.17) is 14.0 Å². The Labute approximate surface area is 181 Å². The summed E-state index contributed by atoms with van der Waals surface area (Å²) in [5.74, 6) is 3.35. The third kappa shape index (κ3) is 4.04. The Morgan fingerprint density at radius 2 is 1.74 bits per heavy atom. The summed E-state index contributed by atoms with van der Waals surface area (Å²) in [4.78, 5) is 4.65. The van der Waals surface area contributed by atoms with Crippen molar-refractivity contribution in [3.63, 3.8) is 0 Å². The van der Waals surface area contributed by atoms with Gasteiger partial charge in [0.05, 0.1) is 7.11 Å². The van der Waals surface area contributed by atoms with E-state index >= 15 is 0 Å². The third-order valence-corrected chi connectivity index (χ3v) is 5.84. The second-order valence-corrected chi connectivity index (χ2v) is 7.90. The van der Waals surface area contributed by atoms with Crippen LogP contribution < -0.4 is 9.47 Å². The van der Waals surface area contributed by atoms with Gasteiger partial charge in [-0.1, -0.05) is 59.8 Å². The van der Waals surface area contributed by atoms with Crippen molar-refractivity contribution >= 4 is 0 Å². The van der Waals surface area contributed by atoms with Crippen molar-refractivity contribution in [1.29, 1.82) is 0 Å². The summed E-state index contributed by atoms with van der Waals surface area (Å²) in [6.07, 6.45) is 1.04.